The molecule has 58 heavy (non-hydrogen) atoms. The number of ether oxygens (including phenoxy) is 3. The van der Waals surface area contributed by atoms with Gasteiger partial charge in [0.1, 0.15) is 30.1 Å². The Hall–Kier alpha value is -3.55. The number of carbonyl (C=O) groups is 5. The first-order chi connectivity index (χ1) is 27.4. The van der Waals surface area contributed by atoms with Crippen LogP contribution in [0.3, 0.4) is 0 Å². The Bertz CT molecular complexity index is 1320. The summed E-state index contributed by atoms with van der Waals surface area (Å²) in [6, 6.07) is 5.28. The summed E-state index contributed by atoms with van der Waals surface area (Å²) in [6.45, 7) is 15.5. The van der Waals surface area contributed by atoms with Gasteiger partial charge in [-0.1, -0.05) is 129 Å². The maximum atomic E-state index is 14.0. The molecule has 1 rings (SSSR count). The van der Waals surface area contributed by atoms with Crippen molar-refractivity contribution in [1.82, 2.24) is 16.0 Å². The maximum absolute atomic E-state index is 14.0. The number of aliphatic hydroxyl groups excluding tert-OH is 2. The number of hydrogen-bond donors (Lipinski definition) is 5. The van der Waals surface area contributed by atoms with E-state index in [-0.39, 0.29) is 25.6 Å². The molecular weight excluding hydrogens is 743 g/mol. The van der Waals surface area contributed by atoms with Crippen molar-refractivity contribution in [3.05, 3.63) is 35.9 Å². The summed E-state index contributed by atoms with van der Waals surface area (Å²) >= 11 is 0. The SMILES string of the molecule is CCCCCCCCCCCCC[C@@H](OC(=O)[C@H](COCc1ccccc1)NC(=O)[C@@H](NC(=O)[C@H](CC(C)C)NC(=O)OC(C)(C)C)[C@@H](C)O)[C@H](C)[C@@H](O)[C@@H](C)C=O. The van der Waals surface area contributed by atoms with Gasteiger partial charge in [0, 0.05) is 11.8 Å². The van der Waals surface area contributed by atoms with E-state index >= 15 is 0 Å². The van der Waals surface area contributed by atoms with Gasteiger partial charge >= 0.3 is 12.1 Å². The molecule has 332 valence electrons. The van der Waals surface area contributed by atoms with E-state index in [1.165, 1.54) is 51.9 Å². The molecule has 5 N–H and O–H groups in total. The highest BCUT2D eigenvalue weighted by molar-refractivity contribution is 5.93. The minimum atomic E-state index is -1.52. The number of benzene rings is 1. The number of rotatable bonds is 30. The molecule has 13 nitrogen and oxygen atoms in total. The summed E-state index contributed by atoms with van der Waals surface area (Å²) in [6.07, 6.45) is 9.77. The van der Waals surface area contributed by atoms with Gasteiger partial charge in [0.2, 0.25) is 11.8 Å². The van der Waals surface area contributed by atoms with Crippen LogP contribution in [0.15, 0.2) is 30.3 Å². The number of unbranched alkanes of at least 4 members (excludes halogenated alkanes) is 10. The van der Waals surface area contributed by atoms with Crippen LogP contribution in [0.2, 0.25) is 0 Å². The van der Waals surface area contributed by atoms with Crippen LogP contribution in [0.4, 0.5) is 4.79 Å². The van der Waals surface area contributed by atoms with Crippen LogP contribution in [-0.2, 0) is 40.0 Å². The van der Waals surface area contributed by atoms with Gasteiger partial charge in [-0.15, -0.1) is 0 Å². The summed E-state index contributed by atoms with van der Waals surface area (Å²) in [5.74, 6) is -3.75. The summed E-state index contributed by atoms with van der Waals surface area (Å²) in [7, 11) is 0. The maximum Gasteiger partial charge on any atom is 0.408 e. The predicted octanol–water partition coefficient (Wildman–Crippen LogP) is 6.94. The van der Waals surface area contributed by atoms with Crippen LogP contribution in [0, 0.1) is 17.8 Å². The van der Waals surface area contributed by atoms with Gasteiger partial charge in [-0.05, 0) is 58.4 Å². The van der Waals surface area contributed by atoms with Crippen LogP contribution in [-0.4, -0.2) is 89.0 Å². The zero-order chi connectivity index (χ0) is 43.7. The first kappa shape index (κ1) is 52.5. The third-order valence-electron chi connectivity index (χ3n) is 10.0. The van der Waals surface area contributed by atoms with Crippen LogP contribution in [0.25, 0.3) is 0 Å². The summed E-state index contributed by atoms with van der Waals surface area (Å²) < 4.78 is 17.3. The van der Waals surface area contributed by atoms with Crippen LogP contribution in [0.5, 0.6) is 0 Å². The van der Waals surface area contributed by atoms with E-state index in [1.54, 1.807) is 34.6 Å². The molecule has 0 heterocycles. The fourth-order valence-corrected chi connectivity index (χ4v) is 6.56. The average molecular weight is 820 g/mol. The number of nitrogens with one attached hydrogen (secondary N) is 3. The monoisotopic (exact) mass is 820 g/mol. The van der Waals surface area contributed by atoms with Crippen molar-refractivity contribution in [2.75, 3.05) is 6.61 Å². The van der Waals surface area contributed by atoms with Crippen molar-refractivity contribution in [2.24, 2.45) is 17.8 Å². The van der Waals surface area contributed by atoms with E-state index < -0.39 is 77.8 Å². The third kappa shape index (κ3) is 22.6. The zero-order valence-corrected chi connectivity index (χ0v) is 36.9. The molecule has 0 spiro atoms. The van der Waals surface area contributed by atoms with Gasteiger partial charge in [0.05, 0.1) is 25.4 Å². The normalized spacial score (nSPS) is 15.9. The van der Waals surface area contributed by atoms with Gasteiger partial charge in [0.15, 0.2) is 6.04 Å². The van der Waals surface area contributed by atoms with Gasteiger partial charge in [-0.3, -0.25) is 9.59 Å². The minimum absolute atomic E-state index is 0.0288. The van der Waals surface area contributed by atoms with Crippen molar-refractivity contribution in [3.8, 4) is 0 Å². The van der Waals surface area contributed by atoms with Crippen molar-refractivity contribution < 1.29 is 48.4 Å². The second kappa shape index (κ2) is 28.8. The van der Waals surface area contributed by atoms with Crippen LogP contribution in [0.1, 0.15) is 151 Å². The molecule has 13 heteroatoms. The lowest BCUT2D eigenvalue weighted by Crippen LogP contribution is -2.60. The van der Waals surface area contributed by atoms with Gasteiger partial charge in [0.25, 0.3) is 0 Å². The van der Waals surface area contributed by atoms with E-state index in [0.29, 0.717) is 12.7 Å². The lowest BCUT2D eigenvalue weighted by Gasteiger charge is -2.31. The average Bonchev–Trinajstić information content (AvgIpc) is 3.16. The molecule has 8 atom stereocenters. The number of aliphatic hydroxyl groups is 2. The molecule has 3 amide bonds. The lowest BCUT2D eigenvalue weighted by molar-refractivity contribution is -0.161. The lowest BCUT2D eigenvalue weighted by atomic mass is 9.87. The molecule has 0 saturated heterocycles. The van der Waals surface area contributed by atoms with E-state index in [9.17, 15) is 34.2 Å². The summed E-state index contributed by atoms with van der Waals surface area (Å²) in [5, 5.41) is 29.4. The number of aldehydes is 1. The van der Waals surface area contributed by atoms with Crippen LogP contribution < -0.4 is 16.0 Å². The molecule has 1 aromatic rings. The second-order valence-corrected chi connectivity index (χ2v) is 17.3. The Kier molecular flexibility index (Phi) is 26.1. The number of alkyl carbamates (subject to hydrolysis) is 1. The highest BCUT2D eigenvalue weighted by Gasteiger charge is 2.36. The van der Waals surface area contributed by atoms with Crippen molar-refractivity contribution >= 4 is 30.2 Å². The van der Waals surface area contributed by atoms with Gasteiger partial charge in [-0.25, -0.2) is 9.59 Å². The predicted molar refractivity (Wildman–Crippen MR) is 226 cm³/mol. The first-order valence-electron chi connectivity index (χ1n) is 21.6. The molecule has 0 aromatic heterocycles. The minimum Gasteiger partial charge on any atom is -0.460 e. The molecule has 0 fully saturated rings. The quantitative estimate of drug-likeness (QED) is 0.0309. The Morgan fingerprint density at radius 1 is 0.759 bits per heavy atom. The standard InChI is InChI=1S/C45H77N3O10/c1-10-11-12-13-14-15-16-17-18-19-23-26-38(33(5)40(51)32(4)28-49)57-43(54)37(30-56-29-35-24-21-20-22-25-35)46-42(53)39(34(6)50)48-41(52)36(27-31(2)3)47-44(55)58-45(7,8)9/h20-22,24-25,28,31-34,36-40,50-51H,10-19,23,26-27,29-30H2,1-9H3,(H,46,53)(H,47,55)(H,48,52)/t32-,33-,34+,36-,37-,38+,39-,40-/m0/s1. The van der Waals surface area contributed by atoms with Gasteiger partial charge in [-0.2, -0.15) is 0 Å². The third-order valence-corrected chi connectivity index (χ3v) is 10.0. The molecule has 0 aliphatic heterocycles. The highest BCUT2D eigenvalue weighted by atomic mass is 16.6. The molecule has 0 radical (unpaired) electrons. The Balaban J connectivity index is 3.19. The molecule has 0 aliphatic rings. The Morgan fingerprint density at radius 3 is 1.84 bits per heavy atom. The summed E-state index contributed by atoms with van der Waals surface area (Å²) in [5.41, 5.74) is 0.0175. The molecule has 1 aromatic carbocycles. The molecular formula is C45H77N3O10. The fourth-order valence-electron chi connectivity index (χ4n) is 6.56. The number of esters is 1. The largest absolute Gasteiger partial charge is 0.460 e. The van der Waals surface area contributed by atoms with Gasteiger partial charge < -0.3 is 45.2 Å². The van der Waals surface area contributed by atoms with E-state index in [1.807, 2.05) is 44.2 Å². The first-order valence-corrected chi connectivity index (χ1v) is 21.6. The van der Waals surface area contributed by atoms with Crippen molar-refractivity contribution in [3.63, 3.8) is 0 Å². The Morgan fingerprint density at radius 2 is 1.33 bits per heavy atom. The summed E-state index contributed by atoms with van der Waals surface area (Å²) in [4.78, 5) is 65.5. The molecule has 0 aliphatic carbocycles. The van der Waals surface area contributed by atoms with Crippen molar-refractivity contribution in [2.45, 2.75) is 194 Å². The number of carbonyl (C=O) groups excluding carboxylic acids is 5. The van der Waals surface area contributed by atoms with E-state index in [2.05, 4.69) is 22.9 Å². The Labute approximate surface area is 348 Å². The highest BCUT2D eigenvalue weighted by Crippen LogP contribution is 2.24. The smallest absolute Gasteiger partial charge is 0.408 e. The zero-order valence-electron chi connectivity index (χ0n) is 36.9. The second-order valence-electron chi connectivity index (χ2n) is 17.3. The number of amides is 3. The molecule has 0 saturated carbocycles. The van der Waals surface area contributed by atoms with E-state index in [4.69, 9.17) is 14.2 Å². The molecule has 0 unspecified atom stereocenters. The van der Waals surface area contributed by atoms with Crippen molar-refractivity contribution in [1.29, 1.82) is 0 Å². The van der Waals surface area contributed by atoms with Crippen LogP contribution >= 0.6 is 0 Å². The number of hydrogen-bond acceptors (Lipinski definition) is 10. The fraction of sp³-hybridized carbons (Fsp3) is 0.756. The van der Waals surface area contributed by atoms with E-state index in [0.717, 1.165) is 31.2 Å². The topological polar surface area (TPSA) is 190 Å². The molecule has 0 bridgehead atoms.